The van der Waals surface area contributed by atoms with Crippen LogP contribution in [0.4, 0.5) is 0 Å². The average Bonchev–Trinajstić information content (AvgIpc) is 2.45. The summed E-state index contributed by atoms with van der Waals surface area (Å²) in [6.45, 7) is 0. The fourth-order valence-corrected chi connectivity index (χ4v) is 1.84. The van der Waals surface area contributed by atoms with Crippen molar-refractivity contribution in [1.82, 2.24) is 0 Å². The van der Waals surface area contributed by atoms with Gasteiger partial charge in [0, 0.05) is 5.56 Å². The van der Waals surface area contributed by atoms with Crippen molar-refractivity contribution in [3.05, 3.63) is 65.7 Å². The van der Waals surface area contributed by atoms with E-state index in [0.29, 0.717) is 11.3 Å². The van der Waals surface area contributed by atoms with E-state index >= 15 is 0 Å². The van der Waals surface area contributed by atoms with Crippen LogP contribution in [0.1, 0.15) is 11.1 Å². The van der Waals surface area contributed by atoms with Crippen LogP contribution in [0.15, 0.2) is 54.6 Å². The maximum absolute atomic E-state index is 11.4. The molecule has 0 aliphatic carbocycles. The normalized spacial score (nSPS) is 11.1. The molecule has 0 unspecified atom stereocenters. The lowest BCUT2D eigenvalue weighted by molar-refractivity contribution is -0.130. The summed E-state index contributed by atoms with van der Waals surface area (Å²) >= 11 is 0. The Bertz CT molecular complexity index is 600. The molecule has 0 radical (unpaired) electrons. The van der Waals surface area contributed by atoms with Crippen molar-refractivity contribution in [3.63, 3.8) is 0 Å². The molecule has 0 aliphatic rings. The van der Waals surface area contributed by atoms with Gasteiger partial charge in [0.2, 0.25) is 0 Å². The molecule has 3 heteroatoms. The molecule has 0 spiro atoms. The fourth-order valence-electron chi connectivity index (χ4n) is 1.84. The molecule has 0 fully saturated rings. The maximum atomic E-state index is 11.4. The number of carboxylic acids is 1. The Morgan fingerprint density at radius 3 is 2.32 bits per heavy atom. The average molecular weight is 254 g/mol. The number of methoxy groups -OCH3 is 1. The van der Waals surface area contributed by atoms with Crippen LogP contribution < -0.4 is 4.74 Å². The molecule has 0 bridgehead atoms. The van der Waals surface area contributed by atoms with Gasteiger partial charge in [0.05, 0.1) is 12.7 Å². The summed E-state index contributed by atoms with van der Waals surface area (Å²) in [6.07, 6.45) is 1.64. The summed E-state index contributed by atoms with van der Waals surface area (Å²) in [5.74, 6) is -0.430. The maximum Gasteiger partial charge on any atom is 0.336 e. The highest BCUT2D eigenvalue weighted by molar-refractivity contribution is 6.21. The van der Waals surface area contributed by atoms with E-state index in [9.17, 15) is 9.90 Å². The first kappa shape index (κ1) is 12.9. The van der Waals surface area contributed by atoms with Crippen LogP contribution >= 0.6 is 0 Å². The Kier molecular flexibility index (Phi) is 3.98. The first-order valence-corrected chi connectivity index (χ1v) is 5.86. The van der Waals surface area contributed by atoms with Crippen LogP contribution in [-0.4, -0.2) is 18.2 Å². The summed E-state index contributed by atoms with van der Waals surface area (Å²) in [5.41, 5.74) is 1.62. The number of hydrogen-bond acceptors (Lipinski definition) is 2. The van der Waals surface area contributed by atoms with E-state index in [1.165, 1.54) is 7.11 Å². The first-order valence-electron chi connectivity index (χ1n) is 5.86. The summed E-state index contributed by atoms with van der Waals surface area (Å²) in [7, 11) is 1.53. The monoisotopic (exact) mass is 254 g/mol. The smallest absolute Gasteiger partial charge is 0.336 e. The Morgan fingerprint density at radius 1 is 1.05 bits per heavy atom. The highest BCUT2D eigenvalue weighted by Crippen LogP contribution is 2.27. The third-order valence-corrected chi connectivity index (χ3v) is 2.74. The molecule has 0 saturated heterocycles. The van der Waals surface area contributed by atoms with Gasteiger partial charge in [-0.1, -0.05) is 48.5 Å². The van der Waals surface area contributed by atoms with Crippen molar-refractivity contribution in [2.45, 2.75) is 0 Å². The molecule has 0 amide bonds. The van der Waals surface area contributed by atoms with Gasteiger partial charge in [0.25, 0.3) is 0 Å². The predicted molar refractivity (Wildman–Crippen MR) is 74.9 cm³/mol. The summed E-state index contributed by atoms with van der Waals surface area (Å²) in [5, 5.41) is 9.38. The Hall–Kier alpha value is -2.55. The fraction of sp³-hybridized carbons (Fsp3) is 0.0625. The lowest BCUT2D eigenvalue weighted by Gasteiger charge is -2.09. The van der Waals surface area contributed by atoms with Crippen molar-refractivity contribution in [3.8, 4) is 5.75 Å². The van der Waals surface area contributed by atoms with Gasteiger partial charge < -0.3 is 9.84 Å². The predicted octanol–water partition coefficient (Wildman–Crippen LogP) is 3.32. The lowest BCUT2D eigenvalue weighted by Crippen LogP contribution is -2.01. The molecule has 0 heterocycles. The van der Waals surface area contributed by atoms with Gasteiger partial charge in [-0.3, -0.25) is 0 Å². The van der Waals surface area contributed by atoms with Gasteiger partial charge in [-0.15, -0.1) is 0 Å². The van der Waals surface area contributed by atoms with Crippen LogP contribution in [0, 0.1) is 0 Å². The third kappa shape index (κ3) is 3.01. The second-order valence-electron chi connectivity index (χ2n) is 3.97. The molecule has 1 N–H and O–H groups in total. The molecule has 0 aliphatic heterocycles. The summed E-state index contributed by atoms with van der Waals surface area (Å²) < 4.78 is 5.21. The number of hydrogen-bond donors (Lipinski definition) is 1. The quantitative estimate of drug-likeness (QED) is 0.672. The van der Waals surface area contributed by atoms with E-state index in [-0.39, 0.29) is 5.57 Å². The van der Waals surface area contributed by atoms with Crippen LogP contribution in [0.5, 0.6) is 5.75 Å². The molecule has 0 saturated carbocycles. The Balaban J connectivity index is 2.52. The number of rotatable bonds is 4. The topological polar surface area (TPSA) is 46.5 Å². The van der Waals surface area contributed by atoms with E-state index in [1.54, 1.807) is 24.3 Å². The van der Waals surface area contributed by atoms with Gasteiger partial charge in [-0.2, -0.15) is 0 Å². The third-order valence-electron chi connectivity index (χ3n) is 2.74. The van der Waals surface area contributed by atoms with Crippen molar-refractivity contribution in [1.29, 1.82) is 0 Å². The molecule has 3 nitrogen and oxygen atoms in total. The van der Waals surface area contributed by atoms with Crippen LogP contribution in [0.2, 0.25) is 0 Å². The zero-order valence-corrected chi connectivity index (χ0v) is 10.5. The van der Waals surface area contributed by atoms with E-state index in [2.05, 4.69) is 0 Å². The van der Waals surface area contributed by atoms with Gasteiger partial charge in [0.15, 0.2) is 0 Å². The molecular formula is C16H14O3. The van der Waals surface area contributed by atoms with Gasteiger partial charge in [-0.25, -0.2) is 4.79 Å². The van der Waals surface area contributed by atoms with E-state index in [4.69, 9.17) is 4.74 Å². The number of benzene rings is 2. The molecule has 2 aromatic rings. The van der Waals surface area contributed by atoms with Crippen LogP contribution in [0.25, 0.3) is 11.6 Å². The second-order valence-corrected chi connectivity index (χ2v) is 3.97. The van der Waals surface area contributed by atoms with Crippen molar-refractivity contribution >= 4 is 17.6 Å². The molecule has 2 rings (SSSR count). The van der Waals surface area contributed by atoms with Crippen molar-refractivity contribution in [2.24, 2.45) is 0 Å². The number of carboxylic acid groups (broad SMARTS) is 1. The second kappa shape index (κ2) is 5.87. The van der Waals surface area contributed by atoms with Gasteiger partial charge in [0.1, 0.15) is 5.75 Å². The molecule has 0 atom stereocenters. The Labute approximate surface area is 111 Å². The minimum Gasteiger partial charge on any atom is -0.496 e. The molecular weight excluding hydrogens is 240 g/mol. The SMILES string of the molecule is COc1ccccc1/C(=C\c1ccccc1)C(=O)O. The summed E-state index contributed by atoms with van der Waals surface area (Å²) in [4.78, 5) is 11.4. The first-order chi connectivity index (χ1) is 9.22. The van der Waals surface area contributed by atoms with E-state index < -0.39 is 5.97 Å². The zero-order chi connectivity index (χ0) is 13.7. The van der Waals surface area contributed by atoms with Crippen molar-refractivity contribution < 1.29 is 14.6 Å². The van der Waals surface area contributed by atoms with E-state index in [1.807, 2.05) is 36.4 Å². The molecule has 19 heavy (non-hydrogen) atoms. The zero-order valence-electron chi connectivity index (χ0n) is 10.5. The lowest BCUT2D eigenvalue weighted by atomic mass is 10.0. The minimum absolute atomic E-state index is 0.212. The standard InChI is InChI=1S/C16H14O3/c1-19-15-10-6-5-9-13(15)14(16(17)18)11-12-7-3-2-4-8-12/h2-11H,1H3,(H,17,18)/b14-11+. The molecule has 2 aromatic carbocycles. The Morgan fingerprint density at radius 2 is 1.68 bits per heavy atom. The molecule has 0 aromatic heterocycles. The highest BCUT2D eigenvalue weighted by atomic mass is 16.5. The van der Waals surface area contributed by atoms with Crippen LogP contribution in [-0.2, 0) is 4.79 Å². The number of ether oxygens (including phenoxy) is 1. The number of para-hydroxylation sites is 1. The van der Waals surface area contributed by atoms with Crippen LogP contribution in [0.3, 0.4) is 0 Å². The van der Waals surface area contributed by atoms with E-state index in [0.717, 1.165) is 5.56 Å². The van der Waals surface area contributed by atoms with Gasteiger partial charge in [-0.05, 0) is 17.7 Å². The summed E-state index contributed by atoms with van der Waals surface area (Å²) in [6, 6.07) is 16.4. The van der Waals surface area contributed by atoms with Gasteiger partial charge >= 0.3 is 5.97 Å². The number of carbonyl (C=O) groups is 1. The van der Waals surface area contributed by atoms with Crippen molar-refractivity contribution in [2.75, 3.05) is 7.11 Å². The number of aliphatic carboxylic acids is 1. The molecule has 96 valence electrons. The minimum atomic E-state index is -0.978. The largest absolute Gasteiger partial charge is 0.496 e. The highest BCUT2D eigenvalue weighted by Gasteiger charge is 2.14.